The number of halogens is 1. The smallest absolute Gasteiger partial charge is 0.305 e. The average molecular weight is 429 g/mol. The summed E-state index contributed by atoms with van der Waals surface area (Å²) in [7, 11) is 1.45. The highest BCUT2D eigenvalue weighted by molar-refractivity contribution is 7.12. The highest BCUT2D eigenvalue weighted by Crippen LogP contribution is 2.47. The number of unbranched alkanes of at least 4 members (excludes halogenated alkanes) is 5. The first-order valence-electron chi connectivity index (χ1n) is 11.0. The molecule has 4 atom stereocenters. The molecule has 1 aromatic heterocycles. The molecule has 1 fully saturated rings. The quantitative estimate of drug-likeness (QED) is 0.209. The molecular formula is C23H37ClO3S. The summed E-state index contributed by atoms with van der Waals surface area (Å²) in [4.78, 5) is 13.7. The molecule has 5 heteroatoms. The van der Waals surface area contributed by atoms with Gasteiger partial charge in [0.2, 0.25) is 0 Å². The van der Waals surface area contributed by atoms with Crippen LogP contribution < -0.4 is 0 Å². The van der Waals surface area contributed by atoms with E-state index in [1.165, 1.54) is 31.2 Å². The van der Waals surface area contributed by atoms with Gasteiger partial charge in [-0.1, -0.05) is 45.4 Å². The van der Waals surface area contributed by atoms with Crippen LogP contribution in [0.4, 0.5) is 0 Å². The summed E-state index contributed by atoms with van der Waals surface area (Å²) in [5.41, 5.74) is 0. The van der Waals surface area contributed by atoms with Crippen molar-refractivity contribution in [3.8, 4) is 0 Å². The second-order valence-corrected chi connectivity index (χ2v) is 9.85. The van der Waals surface area contributed by atoms with Crippen LogP contribution in [0.25, 0.3) is 0 Å². The molecule has 2 rings (SSSR count). The number of hydrogen-bond acceptors (Lipinski definition) is 4. The van der Waals surface area contributed by atoms with Crippen LogP contribution in [0.3, 0.4) is 0 Å². The van der Waals surface area contributed by atoms with Crippen LogP contribution in [0.15, 0.2) is 12.1 Å². The van der Waals surface area contributed by atoms with Gasteiger partial charge in [0.25, 0.3) is 0 Å². The average Bonchev–Trinajstić information content (AvgIpc) is 3.31. The Labute approximate surface area is 179 Å². The van der Waals surface area contributed by atoms with E-state index in [-0.39, 0.29) is 17.5 Å². The van der Waals surface area contributed by atoms with E-state index in [2.05, 4.69) is 23.8 Å². The van der Waals surface area contributed by atoms with E-state index in [0.29, 0.717) is 18.3 Å². The number of hydrogen-bond donors (Lipinski definition) is 1. The molecule has 1 saturated carbocycles. The maximum atomic E-state index is 11.2. The van der Waals surface area contributed by atoms with Gasteiger partial charge in [-0.15, -0.1) is 22.9 Å². The van der Waals surface area contributed by atoms with Crippen molar-refractivity contribution in [2.45, 2.75) is 101 Å². The molecule has 0 spiro atoms. The third-order valence-electron chi connectivity index (χ3n) is 6.05. The number of aliphatic hydroxyl groups is 1. The molecular weight excluding hydrogens is 392 g/mol. The number of aliphatic hydroxyl groups excluding tert-OH is 1. The maximum Gasteiger partial charge on any atom is 0.305 e. The van der Waals surface area contributed by atoms with Crippen molar-refractivity contribution in [2.75, 3.05) is 7.11 Å². The number of rotatable bonds is 13. The summed E-state index contributed by atoms with van der Waals surface area (Å²) < 4.78 is 4.69. The molecule has 1 N–H and O–H groups in total. The van der Waals surface area contributed by atoms with Gasteiger partial charge >= 0.3 is 5.97 Å². The fourth-order valence-corrected chi connectivity index (χ4v) is 6.01. The molecule has 1 aliphatic rings. The maximum absolute atomic E-state index is 11.2. The molecule has 0 radical (unpaired) electrons. The van der Waals surface area contributed by atoms with Gasteiger partial charge in [-0.25, -0.2) is 0 Å². The first-order chi connectivity index (χ1) is 13.6. The summed E-state index contributed by atoms with van der Waals surface area (Å²) in [6.45, 7) is 2.19. The minimum atomic E-state index is -0.313. The number of esters is 1. The van der Waals surface area contributed by atoms with Gasteiger partial charge in [0.1, 0.15) is 0 Å². The minimum absolute atomic E-state index is 0.109. The zero-order valence-electron chi connectivity index (χ0n) is 17.5. The van der Waals surface area contributed by atoms with E-state index < -0.39 is 0 Å². The first kappa shape index (κ1) is 23.7. The Kier molecular flexibility index (Phi) is 10.9. The van der Waals surface area contributed by atoms with Crippen molar-refractivity contribution in [3.63, 3.8) is 0 Å². The minimum Gasteiger partial charge on any atom is -0.469 e. The third kappa shape index (κ3) is 7.35. The number of thiophene rings is 1. The van der Waals surface area contributed by atoms with Crippen molar-refractivity contribution in [1.29, 1.82) is 0 Å². The molecule has 28 heavy (non-hydrogen) atoms. The second kappa shape index (κ2) is 12.9. The summed E-state index contributed by atoms with van der Waals surface area (Å²) >= 11 is 8.47. The van der Waals surface area contributed by atoms with Gasteiger partial charge in [-0.2, -0.15) is 0 Å². The van der Waals surface area contributed by atoms with Crippen molar-refractivity contribution in [3.05, 3.63) is 21.9 Å². The largest absolute Gasteiger partial charge is 0.469 e. The van der Waals surface area contributed by atoms with Crippen LogP contribution >= 0.6 is 22.9 Å². The second-order valence-electron chi connectivity index (χ2n) is 8.14. The molecule has 1 aromatic rings. The Morgan fingerprint density at radius 1 is 1.21 bits per heavy atom. The van der Waals surface area contributed by atoms with Crippen LogP contribution in [0.5, 0.6) is 0 Å². The summed E-state index contributed by atoms with van der Waals surface area (Å²) in [5.74, 6) is 0.965. The molecule has 1 unspecified atom stereocenters. The van der Waals surface area contributed by atoms with Gasteiger partial charge in [-0.05, 0) is 56.1 Å². The Morgan fingerprint density at radius 2 is 2.00 bits per heavy atom. The standard InChI is InChI=1S/C23H37ClO3S/c1-3-4-7-11-20(25)22-16-15-21(28-22)18-13-14-19(24)17(18)10-8-5-6-9-12-23(26)27-2/h15-20,25H,3-14H2,1-2H3/t17-,18+,19-,20?/m1/s1. The van der Waals surface area contributed by atoms with Crippen LogP contribution in [0.1, 0.15) is 106 Å². The van der Waals surface area contributed by atoms with E-state index in [9.17, 15) is 9.90 Å². The predicted molar refractivity (Wildman–Crippen MR) is 118 cm³/mol. The third-order valence-corrected chi connectivity index (χ3v) is 7.91. The Morgan fingerprint density at radius 3 is 2.75 bits per heavy atom. The summed E-state index contributed by atoms with van der Waals surface area (Å²) in [6.07, 6.45) is 12.3. The van der Waals surface area contributed by atoms with Gasteiger partial charge in [0.15, 0.2) is 0 Å². The lowest BCUT2D eigenvalue weighted by Crippen LogP contribution is -2.13. The van der Waals surface area contributed by atoms with Gasteiger partial charge in [0.05, 0.1) is 13.2 Å². The molecule has 1 heterocycles. The lowest BCUT2D eigenvalue weighted by Gasteiger charge is -2.21. The summed E-state index contributed by atoms with van der Waals surface area (Å²) in [6, 6.07) is 4.36. The van der Waals surface area contributed by atoms with Crippen LogP contribution in [-0.4, -0.2) is 23.6 Å². The molecule has 0 bridgehead atoms. The zero-order chi connectivity index (χ0) is 20.4. The Bertz CT molecular complexity index is 574. The lowest BCUT2D eigenvalue weighted by atomic mass is 9.89. The number of methoxy groups -OCH3 is 1. The summed E-state index contributed by atoms with van der Waals surface area (Å²) in [5, 5.41) is 10.7. The van der Waals surface area contributed by atoms with Crippen molar-refractivity contribution in [1.82, 2.24) is 0 Å². The topological polar surface area (TPSA) is 46.5 Å². The van der Waals surface area contributed by atoms with E-state index >= 15 is 0 Å². The highest BCUT2D eigenvalue weighted by Gasteiger charge is 2.36. The fourth-order valence-electron chi connectivity index (χ4n) is 4.34. The Balaban J connectivity index is 1.79. The molecule has 0 aliphatic heterocycles. The first-order valence-corrected chi connectivity index (χ1v) is 12.3. The van der Waals surface area contributed by atoms with Crippen LogP contribution in [-0.2, 0) is 9.53 Å². The zero-order valence-corrected chi connectivity index (χ0v) is 19.1. The van der Waals surface area contributed by atoms with Gasteiger partial charge in [0, 0.05) is 21.6 Å². The van der Waals surface area contributed by atoms with Crippen LogP contribution in [0, 0.1) is 5.92 Å². The fraction of sp³-hybridized carbons (Fsp3) is 0.783. The van der Waals surface area contributed by atoms with Gasteiger partial charge < -0.3 is 9.84 Å². The molecule has 3 nitrogen and oxygen atoms in total. The highest BCUT2D eigenvalue weighted by atomic mass is 35.5. The van der Waals surface area contributed by atoms with Crippen molar-refractivity contribution < 1.29 is 14.6 Å². The molecule has 0 amide bonds. The monoisotopic (exact) mass is 428 g/mol. The SMILES string of the molecule is CCCCCC(O)c1ccc([C@H]2CC[C@@H](Cl)[C@@H]2CCCCCCC(=O)OC)s1. The van der Waals surface area contributed by atoms with Gasteiger partial charge in [-0.3, -0.25) is 4.79 Å². The predicted octanol–water partition coefficient (Wildman–Crippen LogP) is 6.98. The molecule has 1 aliphatic carbocycles. The van der Waals surface area contributed by atoms with Crippen molar-refractivity contribution in [2.24, 2.45) is 5.92 Å². The van der Waals surface area contributed by atoms with E-state index in [4.69, 9.17) is 11.6 Å². The number of carbonyl (C=O) groups is 1. The number of carbonyl (C=O) groups excluding carboxylic acids is 1. The van der Waals surface area contributed by atoms with E-state index in [1.54, 1.807) is 11.3 Å². The van der Waals surface area contributed by atoms with Crippen molar-refractivity contribution >= 4 is 28.9 Å². The molecule has 0 aromatic carbocycles. The molecule has 0 saturated heterocycles. The normalized spacial score (nSPS) is 23.1. The number of alkyl halides is 1. The molecule has 160 valence electrons. The number of ether oxygens (including phenoxy) is 1. The van der Waals surface area contributed by atoms with Crippen LogP contribution in [0.2, 0.25) is 0 Å². The van der Waals surface area contributed by atoms with E-state index in [1.807, 2.05) is 0 Å². The Hall–Kier alpha value is -0.580. The van der Waals surface area contributed by atoms with E-state index in [0.717, 1.165) is 56.2 Å². The lowest BCUT2D eigenvalue weighted by molar-refractivity contribution is -0.140.